The highest BCUT2D eigenvalue weighted by atomic mass is 19.4. The van der Waals surface area contributed by atoms with Crippen LogP contribution in [0.15, 0.2) is 54.7 Å². The van der Waals surface area contributed by atoms with Crippen molar-refractivity contribution in [3.05, 3.63) is 77.5 Å². The van der Waals surface area contributed by atoms with Gasteiger partial charge in [0.2, 0.25) is 5.95 Å². The molecule has 0 aliphatic rings. The molecular weight excluding hydrogens is 589 g/mol. The Morgan fingerprint density at radius 1 is 0.977 bits per heavy atom. The van der Waals surface area contributed by atoms with Crippen LogP contribution in [0.1, 0.15) is 28.7 Å². The van der Waals surface area contributed by atoms with Crippen molar-refractivity contribution in [1.82, 2.24) is 24.1 Å². The van der Waals surface area contributed by atoms with E-state index in [-0.39, 0.29) is 35.5 Å². The number of carboxylic acids is 1. The fourth-order valence-corrected chi connectivity index (χ4v) is 4.40. The minimum Gasteiger partial charge on any atom is -0.476 e. The zero-order chi connectivity index (χ0) is 31.3. The minimum absolute atomic E-state index is 0.0395. The second-order valence-corrected chi connectivity index (χ2v) is 9.12. The Kier molecular flexibility index (Phi) is 7.23. The van der Waals surface area contributed by atoms with E-state index in [1.165, 1.54) is 42.0 Å². The Hall–Kier alpha value is -5.15. The topological polar surface area (TPSA) is 107 Å². The molecule has 0 saturated heterocycles. The van der Waals surface area contributed by atoms with Gasteiger partial charge in [0.15, 0.2) is 17.2 Å². The van der Waals surface area contributed by atoms with Gasteiger partial charge in [-0.25, -0.2) is 19.2 Å². The first kappa shape index (κ1) is 29.3. The van der Waals surface area contributed by atoms with E-state index in [1.54, 1.807) is 13.1 Å². The molecule has 2 N–H and O–H groups in total. The third kappa shape index (κ3) is 5.67. The number of carboxylic acid groups (broad SMARTS) is 1. The van der Waals surface area contributed by atoms with Gasteiger partial charge in [0.25, 0.3) is 0 Å². The average molecular weight is 608 g/mol. The summed E-state index contributed by atoms with van der Waals surface area (Å²) in [7, 11) is 1.56. The Bertz CT molecular complexity index is 1860. The van der Waals surface area contributed by atoms with E-state index in [9.17, 15) is 40.6 Å². The van der Waals surface area contributed by atoms with E-state index < -0.39 is 46.8 Å². The van der Waals surface area contributed by atoms with Gasteiger partial charge in [-0.1, -0.05) is 0 Å². The van der Waals surface area contributed by atoms with Crippen LogP contribution in [-0.4, -0.2) is 35.2 Å². The third-order valence-electron chi connectivity index (χ3n) is 6.34. The molecule has 0 radical (unpaired) electrons. The van der Waals surface area contributed by atoms with Gasteiger partial charge in [0.1, 0.15) is 23.0 Å². The molecule has 0 saturated carbocycles. The summed E-state index contributed by atoms with van der Waals surface area (Å²) in [6.07, 6.45) is -8.41. The van der Waals surface area contributed by atoms with Crippen molar-refractivity contribution in [2.24, 2.45) is 7.05 Å². The predicted molar refractivity (Wildman–Crippen MR) is 139 cm³/mol. The number of rotatable bonds is 7. The van der Waals surface area contributed by atoms with Crippen LogP contribution in [0.2, 0.25) is 0 Å². The van der Waals surface area contributed by atoms with Crippen molar-refractivity contribution in [2.75, 3.05) is 5.32 Å². The molecule has 5 aromatic rings. The molecule has 43 heavy (non-hydrogen) atoms. The van der Waals surface area contributed by atoms with Crippen molar-refractivity contribution in [2.45, 2.75) is 25.8 Å². The van der Waals surface area contributed by atoms with Crippen molar-refractivity contribution in [3.63, 3.8) is 0 Å². The van der Waals surface area contributed by atoms with Crippen molar-refractivity contribution < 1.29 is 45.4 Å². The van der Waals surface area contributed by atoms with E-state index in [4.69, 9.17) is 4.74 Å². The number of nitrogens with zero attached hydrogens (tertiary/aromatic N) is 5. The highest BCUT2D eigenvalue weighted by Crippen LogP contribution is 2.37. The SMILES string of the molecule is CCn1c(-c2cc(Oc3ccc4c(c3)nc(Nc3cc(C(F)(F)F)ccc3F)n4C)ccn2)nc(C(=O)O)c1C(F)(F)F. The van der Waals surface area contributed by atoms with Crippen molar-refractivity contribution >= 4 is 28.6 Å². The van der Waals surface area contributed by atoms with Crippen LogP contribution in [0.25, 0.3) is 22.6 Å². The fourth-order valence-electron chi connectivity index (χ4n) is 4.40. The van der Waals surface area contributed by atoms with Crippen LogP contribution in [0.4, 0.5) is 42.4 Å². The molecule has 0 aliphatic heterocycles. The number of aryl methyl sites for hydroxylation is 1. The molecule has 2 aromatic carbocycles. The molecule has 0 amide bonds. The highest BCUT2D eigenvalue weighted by molar-refractivity contribution is 5.88. The first-order valence-electron chi connectivity index (χ1n) is 12.3. The summed E-state index contributed by atoms with van der Waals surface area (Å²) < 4.78 is 103. The highest BCUT2D eigenvalue weighted by Gasteiger charge is 2.42. The largest absolute Gasteiger partial charge is 0.476 e. The molecule has 9 nitrogen and oxygen atoms in total. The summed E-state index contributed by atoms with van der Waals surface area (Å²) in [4.78, 5) is 23.6. The summed E-state index contributed by atoms with van der Waals surface area (Å²) in [5, 5.41) is 11.9. The molecule has 0 atom stereocenters. The lowest BCUT2D eigenvalue weighted by molar-refractivity contribution is -0.144. The molecule has 5 rings (SSSR count). The standard InChI is InChI=1S/C27H19F7N6O3/c1-3-40-22(27(32,33)34)21(24(41)42)38-23(40)19-12-15(8-9-35-19)43-14-5-7-20-18(11-14)37-25(39(20)2)36-17-10-13(26(29,30)31)4-6-16(17)28/h4-12H,3H2,1-2H3,(H,36,37)(H,41,42). The summed E-state index contributed by atoms with van der Waals surface area (Å²) >= 11 is 0. The van der Waals surface area contributed by atoms with Crippen LogP contribution in [0, 0.1) is 5.82 Å². The summed E-state index contributed by atoms with van der Waals surface area (Å²) in [5.74, 6) is -2.70. The molecule has 0 fully saturated rings. The lowest BCUT2D eigenvalue weighted by atomic mass is 10.2. The molecule has 3 aromatic heterocycles. The van der Waals surface area contributed by atoms with Crippen LogP contribution < -0.4 is 10.1 Å². The van der Waals surface area contributed by atoms with Crippen molar-refractivity contribution in [3.8, 4) is 23.0 Å². The number of halogens is 7. The van der Waals surface area contributed by atoms with Crippen LogP contribution >= 0.6 is 0 Å². The number of hydrogen-bond donors (Lipinski definition) is 2. The maximum Gasteiger partial charge on any atom is 0.433 e. The number of nitrogens with one attached hydrogen (secondary N) is 1. The fraction of sp³-hybridized carbons (Fsp3) is 0.185. The van der Waals surface area contributed by atoms with Gasteiger partial charge in [-0.05, 0) is 43.3 Å². The predicted octanol–water partition coefficient (Wildman–Crippen LogP) is 7.26. The quantitative estimate of drug-likeness (QED) is 0.187. The summed E-state index contributed by atoms with van der Waals surface area (Å²) in [6, 6.07) is 9.26. The van der Waals surface area contributed by atoms with Gasteiger partial charge in [0, 0.05) is 31.9 Å². The number of pyridine rings is 1. The van der Waals surface area contributed by atoms with E-state index in [0.717, 1.165) is 0 Å². The van der Waals surface area contributed by atoms with Crippen LogP contribution in [-0.2, 0) is 25.9 Å². The van der Waals surface area contributed by atoms with Gasteiger partial charge in [-0.2, -0.15) is 26.3 Å². The molecule has 16 heteroatoms. The Balaban J connectivity index is 1.45. The molecule has 0 spiro atoms. The van der Waals surface area contributed by atoms with E-state index in [2.05, 4.69) is 20.3 Å². The molecule has 0 bridgehead atoms. The number of benzene rings is 2. The minimum atomic E-state index is -4.98. The third-order valence-corrected chi connectivity index (χ3v) is 6.34. The number of imidazole rings is 2. The number of carbonyl (C=O) groups is 1. The second-order valence-electron chi connectivity index (χ2n) is 9.12. The number of ether oxygens (including phenoxy) is 1. The number of hydrogen-bond acceptors (Lipinski definition) is 6. The Morgan fingerprint density at radius 3 is 2.35 bits per heavy atom. The molecule has 0 aliphatic carbocycles. The van der Waals surface area contributed by atoms with Gasteiger partial charge >= 0.3 is 18.3 Å². The smallest absolute Gasteiger partial charge is 0.433 e. The lowest BCUT2D eigenvalue weighted by Gasteiger charge is -2.12. The van der Waals surface area contributed by atoms with Crippen LogP contribution in [0.5, 0.6) is 11.5 Å². The number of anilines is 2. The molecule has 3 heterocycles. The molecule has 224 valence electrons. The first-order valence-corrected chi connectivity index (χ1v) is 12.3. The monoisotopic (exact) mass is 608 g/mol. The van der Waals surface area contributed by atoms with Crippen LogP contribution in [0.3, 0.4) is 0 Å². The first-order chi connectivity index (χ1) is 20.2. The maximum atomic E-state index is 14.3. The number of fused-ring (bicyclic) bond motifs is 1. The van der Waals surface area contributed by atoms with Gasteiger partial charge < -0.3 is 24.3 Å². The molecule has 0 unspecified atom stereocenters. The van der Waals surface area contributed by atoms with E-state index >= 15 is 0 Å². The second kappa shape index (κ2) is 10.6. The van der Waals surface area contributed by atoms with Gasteiger partial charge in [-0.3, -0.25) is 4.98 Å². The number of alkyl halides is 6. The Labute approximate surface area is 237 Å². The summed E-state index contributed by atoms with van der Waals surface area (Å²) in [6.45, 7) is 1.16. The number of aromatic carboxylic acids is 1. The molecular formula is C27H19F7N6O3. The Morgan fingerprint density at radius 2 is 1.70 bits per heavy atom. The lowest BCUT2D eigenvalue weighted by Crippen LogP contribution is -2.17. The van der Waals surface area contributed by atoms with Crippen molar-refractivity contribution in [1.29, 1.82) is 0 Å². The van der Waals surface area contributed by atoms with Gasteiger partial charge in [0.05, 0.1) is 22.3 Å². The average Bonchev–Trinajstić information content (AvgIpc) is 3.47. The zero-order valence-electron chi connectivity index (χ0n) is 22.0. The maximum absolute atomic E-state index is 14.3. The van der Waals surface area contributed by atoms with E-state index in [1.807, 2.05) is 0 Å². The van der Waals surface area contributed by atoms with E-state index in [0.29, 0.717) is 33.8 Å². The zero-order valence-corrected chi connectivity index (χ0v) is 22.0. The normalized spacial score (nSPS) is 12.1. The van der Waals surface area contributed by atoms with Gasteiger partial charge in [-0.15, -0.1) is 0 Å². The summed E-state index contributed by atoms with van der Waals surface area (Å²) in [5.41, 5.74) is -3.29. The number of aromatic nitrogens is 5.